The van der Waals surface area contributed by atoms with Gasteiger partial charge in [-0.3, -0.25) is 25.3 Å². The topological polar surface area (TPSA) is 114 Å². The highest BCUT2D eigenvalue weighted by molar-refractivity contribution is 6.06. The number of amides is 1. The van der Waals surface area contributed by atoms with Crippen molar-refractivity contribution in [2.24, 2.45) is 10.9 Å². The summed E-state index contributed by atoms with van der Waals surface area (Å²) in [7, 11) is 6.99. The molecule has 2 aromatic rings. The summed E-state index contributed by atoms with van der Waals surface area (Å²) >= 11 is 0. The molecule has 0 saturated carbocycles. The highest BCUT2D eigenvalue weighted by atomic mass is 16.5. The highest BCUT2D eigenvalue weighted by Gasteiger charge is 2.15. The first kappa shape index (κ1) is 42.7. The van der Waals surface area contributed by atoms with E-state index >= 15 is 0 Å². The number of guanidine groups is 1. The minimum Gasteiger partial charge on any atom is -0.488 e. The maximum Gasteiger partial charge on any atom is 0.258 e. The maximum absolute atomic E-state index is 12.7. The van der Waals surface area contributed by atoms with Gasteiger partial charge in [0.15, 0.2) is 0 Å². The van der Waals surface area contributed by atoms with E-state index in [-0.39, 0.29) is 12.1 Å². The van der Waals surface area contributed by atoms with Crippen LogP contribution in [0.2, 0.25) is 0 Å². The van der Waals surface area contributed by atoms with Crippen LogP contribution in [0.3, 0.4) is 0 Å². The molecule has 3 rings (SSSR count). The number of aldehydes is 1. The van der Waals surface area contributed by atoms with E-state index in [0.29, 0.717) is 35.0 Å². The molecule has 1 heterocycles. The second-order valence-corrected chi connectivity index (χ2v) is 9.25. The zero-order valence-corrected chi connectivity index (χ0v) is 29.2. The van der Waals surface area contributed by atoms with Crippen molar-refractivity contribution in [2.45, 2.75) is 74.3 Å². The molecule has 1 atom stereocenters. The maximum atomic E-state index is 12.7. The Hall–Kier alpha value is -3.47. The standard InChI is InChI=1S/C21H26N4O5.C7H15N.3C2H6/c1-14(13-28-4)29-18-9-16(20(27)24-21(22-2)25-23-3)10-19(11-18)30-17-7-5-15(12-26)6-8-17;1-7-3-5-8(2)6-4-7;3*1-2/h5-12,14,23H,13H2,1-4H3,(H2,22,24,25,27);7H,3-6H2,1-2H3;3*1-2H3. The third-order valence-corrected chi connectivity index (χ3v) is 5.84. The summed E-state index contributed by atoms with van der Waals surface area (Å²) in [4.78, 5) is 29.9. The Morgan fingerprint density at radius 3 is 2.05 bits per heavy atom. The van der Waals surface area contributed by atoms with Crippen LogP contribution in [0.25, 0.3) is 0 Å². The number of hydrazine groups is 1. The number of carbonyl (C=O) groups excluding carboxylic acids is 2. The van der Waals surface area contributed by atoms with Crippen LogP contribution in [0.4, 0.5) is 0 Å². The molecule has 2 aromatic carbocycles. The number of ether oxygens (including phenoxy) is 3. The first-order valence-corrected chi connectivity index (χ1v) is 15.7. The number of nitrogens with zero attached hydrogens (tertiary/aromatic N) is 2. The van der Waals surface area contributed by atoms with Crippen molar-refractivity contribution in [1.29, 1.82) is 0 Å². The Morgan fingerprint density at radius 1 is 1.00 bits per heavy atom. The predicted molar refractivity (Wildman–Crippen MR) is 183 cm³/mol. The number of methoxy groups -OCH3 is 1. The number of aliphatic imine (C=N–C) groups is 1. The van der Waals surface area contributed by atoms with Crippen LogP contribution in [0, 0.1) is 5.92 Å². The lowest BCUT2D eigenvalue weighted by atomic mass is 10.00. The minimum absolute atomic E-state index is 0.230. The van der Waals surface area contributed by atoms with E-state index in [9.17, 15) is 9.59 Å². The van der Waals surface area contributed by atoms with Crippen molar-refractivity contribution in [1.82, 2.24) is 21.1 Å². The average Bonchev–Trinajstić information content (AvgIpc) is 3.05. The lowest BCUT2D eigenvalue weighted by Crippen LogP contribution is -2.46. The van der Waals surface area contributed by atoms with Crippen molar-refractivity contribution >= 4 is 18.2 Å². The smallest absolute Gasteiger partial charge is 0.258 e. The summed E-state index contributed by atoms with van der Waals surface area (Å²) in [6.45, 7) is 19.2. The van der Waals surface area contributed by atoms with Crippen molar-refractivity contribution in [3.05, 3.63) is 53.6 Å². The zero-order chi connectivity index (χ0) is 33.9. The van der Waals surface area contributed by atoms with Gasteiger partial charge in [0.25, 0.3) is 5.91 Å². The van der Waals surface area contributed by atoms with E-state index in [4.69, 9.17) is 14.2 Å². The molecule has 3 N–H and O–H groups in total. The third-order valence-electron chi connectivity index (χ3n) is 5.84. The molecule has 10 nitrogen and oxygen atoms in total. The summed E-state index contributed by atoms with van der Waals surface area (Å²) < 4.78 is 16.8. The van der Waals surface area contributed by atoms with Gasteiger partial charge in [0.05, 0.1) is 6.61 Å². The van der Waals surface area contributed by atoms with Crippen LogP contribution in [-0.2, 0) is 4.74 Å². The fourth-order valence-electron chi connectivity index (χ4n) is 3.66. The zero-order valence-electron chi connectivity index (χ0n) is 29.2. The van der Waals surface area contributed by atoms with Crippen LogP contribution in [0.5, 0.6) is 17.2 Å². The predicted octanol–water partition coefficient (Wildman–Crippen LogP) is 6.57. The van der Waals surface area contributed by atoms with Crippen molar-refractivity contribution in [3.63, 3.8) is 0 Å². The fraction of sp³-hybridized carbons (Fsp3) is 0.559. The monoisotopic (exact) mass is 617 g/mol. The third kappa shape index (κ3) is 18.3. The number of hydrogen-bond acceptors (Lipinski definition) is 8. The molecule has 1 amide bonds. The van der Waals surface area contributed by atoms with Gasteiger partial charge in [-0.05, 0) is 82.2 Å². The fourth-order valence-corrected chi connectivity index (χ4v) is 3.66. The lowest BCUT2D eigenvalue weighted by molar-refractivity contribution is 0.0912. The Kier molecular flexibility index (Phi) is 26.3. The van der Waals surface area contributed by atoms with E-state index in [0.717, 1.165) is 12.2 Å². The molecule has 1 unspecified atom stereocenters. The Balaban J connectivity index is 0. The number of likely N-dealkylation sites (tertiary alicyclic amines) is 1. The molecule has 0 radical (unpaired) electrons. The van der Waals surface area contributed by atoms with Gasteiger partial charge in [0.2, 0.25) is 5.96 Å². The molecule has 0 spiro atoms. The largest absolute Gasteiger partial charge is 0.488 e. The quantitative estimate of drug-likeness (QED) is 0.125. The van der Waals surface area contributed by atoms with Crippen molar-refractivity contribution < 1.29 is 23.8 Å². The number of benzene rings is 2. The summed E-state index contributed by atoms with van der Waals surface area (Å²) in [6.07, 6.45) is 3.32. The molecule has 250 valence electrons. The van der Waals surface area contributed by atoms with Crippen LogP contribution < -0.4 is 25.6 Å². The SMILES string of the molecule is CC.CC.CC.CC1CCN(C)CC1.CN=C(NNC)NC(=O)c1cc(Oc2ccc(C=O)cc2)cc(OC(C)COC)c1. The minimum atomic E-state index is -0.399. The van der Waals surface area contributed by atoms with Crippen molar-refractivity contribution in [3.8, 4) is 17.2 Å². The molecule has 0 bridgehead atoms. The van der Waals surface area contributed by atoms with Gasteiger partial charge >= 0.3 is 0 Å². The van der Waals surface area contributed by atoms with Gasteiger partial charge in [-0.15, -0.1) is 0 Å². The number of nitrogens with one attached hydrogen (secondary N) is 3. The lowest BCUT2D eigenvalue weighted by Gasteiger charge is -2.26. The molecule has 10 heteroatoms. The highest BCUT2D eigenvalue weighted by Crippen LogP contribution is 2.28. The molecule has 0 aliphatic carbocycles. The van der Waals surface area contributed by atoms with Crippen molar-refractivity contribution in [2.75, 3.05) is 47.9 Å². The summed E-state index contributed by atoms with van der Waals surface area (Å²) in [5, 5.41) is 2.66. The molecule has 1 aliphatic rings. The van der Waals surface area contributed by atoms with Gasteiger partial charge in [-0.2, -0.15) is 0 Å². The van der Waals surface area contributed by atoms with Crippen LogP contribution in [0.1, 0.15) is 88.9 Å². The Labute approximate surface area is 266 Å². The normalized spacial score (nSPS) is 13.4. The van der Waals surface area contributed by atoms with Crippen LogP contribution >= 0.6 is 0 Å². The molecule has 1 saturated heterocycles. The first-order valence-electron chi connectivity index (χ1n) is 15.7. The number of rotatable bonds is 9. The van der Waals surface area contributed by atoms with E-state index in [1.807, 2.05) is 48.5 Å². The van der Waals surface area contributed by atoms with E-state index < -0.39 is 5.91 Å². The van der Waals surface area contributed by atoms with Crippen LogP contribution in [-0.4, -0.2) is 77.1 Å². The van der Waals surface area contributed by atoms with E-state index in [2.05, 4.69) is 40.0 Å². The number of carbonyl (C=O) groups is 2. The molecule has 1 aliphatic heterocycles. The summed E-state index contributed by atoms with van der Waals surface area (Å²) in [5.41, 5.74) is 6.27. The Morgan fingerprint density at radius 2 is 1.57 bits per heavy atom. The molecule has 44 heavy (non-hydrogen) atoms. The molecule has 1 fully saturated rings. The van der Waals surface area contributed by atoms with Gasteiger partial charge < -0.3 is 19.1 Å². The van der Waals surface area contributed by atoms with Gasteiger partial charge in [-0.1, -0.05) is 48.5 Å². The average molecular weight is 618 g/mol. The molecular weight excluding hydrogens is 558 g/mol. The summed E-state index contributed by atoms with van der Waals surface area (Å²) in [5.74, 6) is 2.20. The molecule has 0 aromatic heterocycles. The number of piperidine rings is 1. The second kappa shape index (κ2) is 27.1. The second-order valence-electron chi connectivity index (χ2n) is 9.25. The van der Waals surface area contributed by atoms with Gasteiger partial charge in [-0.25, -0.2) is 5.43 Å². The van der Waals surface area contributed by atoms with Gasteiger partial charge in [0.1, 0.15) is 29.6 Å². The van der Waals surface area contributed by atoms with E-state index in [1.54, 1.807) is 63.7 Å². The summed E-state index contributed by atoms with van der Waals surface area (Å²) in [6, 6.07) is 11.5. The number of hydrogen-bond donors (Lipinski definition) is 3. The first-order chi connectivity index (χ1) is 21.3. The van der Waals surface area contributed by atoms with Crippen LogP contribution in [0.15, 0.2) is 47.5 Å². The van der Waals surface area contributed by atoms with E-state index in [1.165, 1.54) is 25.9 Å². The Bertz CT molecular complexity index is 1030. The molecular formula is C34H59N5O5. The van der Waals surface area contributed by atoms with Gasteiger partial charge in [0, 0.05) is 38.4 Å².